The van der Waals surface area contributed by atoms with E-state index < -0.39 is 16.3 Å². The molecular weight excluding hydrogens is 410 g/mol. The van der Waals surface area contributed by atoms with Crippen molar-refractivity contribution in [3.8, 4) is 5.69 Å². The first-order chi connectivity index (χ1) is 15.4. The van der Waals surface area contributed by atoms with Gasteiger partial charge in [0, 0.05) is 42.6 Å². The van der Waals surface area contributed by atoms with E-state index in [0.29, 0.717) is 24.8 Å². The zero-order valence-corrected chi connectivity index (χ0v) is 17.8. The first-order valence-corrected chi connectivity index (χ1v) is 10.3. The highest BCUT2D eigenvalue weighted by Crippen LogP contribution is 2.31. The Morgan fingerprint density at radius 2 is 1.88 bits per heavy atom. The number of nitro benzene ring substituents is 1. The molecule has 2 heterocycles. The van der Waals surface area contributed by atoms with Crippen LogP contribution >= 0.6 is 0 Å². The number of nitrogens with zero attached hydrogens (tertiary/aromatic N) is 4. The van der Waals surface area contributed by atoms with Gasteiger partial charge in [0.25, 0.3) is 11.6 Å². The minimum atomic E-state index is -0.609. The first kappa shape index (κ1) is 21.2. The number of nitro groups is 1. The molecule has 32 heavy (non-hydrogen) atoms. The van der Waals surface area contributed by atoms with Crippen molar-refractivity contribution < 1.29 is 9.72 Å². The van der Waals surface area contributed by atoms with Gasteiger partial charge in [-0.25, -0.2) is 4.68 Å². The second-order valence-corrected chi connectivity index (χ2v) is 7.79. The van der Waals surface area contributed by atoms with E-state index in [4.69, 9.17) is 0 Å². The van der Waals surface area contributed by atoms with E-state index in [1.165, 1.54) is 28.4 Å². The Morgan fingerprint density at radius 3 is 2.62 bits per heavy atom. The lowest BCUT2D eigenvalue weighted by Crippen LogP contribution is -2.39. The summed E-state index contributed by atoms with van der Waals surface area (Å²) >= 11 is 0. The number of amides is 1. The molecule has 1 amide bonds. The predicted molar refractivity (Wildman–Crippen MR) is 121 cm³/mol. The van der Waals surface area contributed by atoms with Crippen molar-refractivity contribution in [2.45, 2.75) is 26.3 Å². The van der Waals surface area contributed by atoms with Gasteiger partial charge in [0.1, 0.15) is 5.69 Å². The number of hydrogen-bond donors (Lipinski definition) is 1. The van der Waals surface area contributed by atoms with Gasteiger partial charge in [-0.05, 0) is 38.0 Å². The average molecular weight is 433 g/mol. The molecular formula is C23H23N5O4. The third kappa shape index (κ3) is 3.96. The van der Waals surface area contributed by atoms with E-state index in [0.717, 1.165) is 12.1 Å². The number of carbonyl (C=O) groups is 1. The molecule has 1 atom stereocenters. The quantitative estimate of drug-likeness (QED) is 0.473. The summed E-state index contributed by atoms with van der Waals surface area (Å²) < 4.78 is 1.26. The smallest absolute Gasteiger partial charge is 0.294 e. The molecule has 0 fully saturated rings. The van der Waals surface area contributed by atoms with Crippen molar-refractivity contribution in [2.75, 3.05) is 18.0 Å². The summed E-state index contributed by atoms with van der Waals surface area (Å²) in [7, 11) is 0. The van der Waals surface area contributed by atoms with Crippen molar-refractivity contribution in [3.05, 3.63) is 91.9 Å². The van der Waals surface area contributed by atoms with Gasteiger partial charge in [-0.3, -0.25) is 19.7 Å². The van der Waals surface area contributed by atoms with Gasteiger partial charge in [-0.2, -0.15) is 5.10 Å². The molecule has 0 bridgehead atoms. The number of anilines is 1. The van der Waals surface area contributed by atoms with Crippen LogP contribution in [-0.2, 0) is 6.42 Å². The van der Waals surface area contributed by atoms with Gasteiger partial charge in [-0.1, -0.05) is 30.3 Å². The molecule has 2 aromatic carbocycles. The number of hydrogen-bond acceptors (Lipinski definition) is 6. The van der Waals surface area contributed by atoms with Crippen molar-refractivity contribution in [1.29, 1.82) is 0 Å². The fourth-order valence-corrected chi connectivity index (χ4v) is 4.09. The minimum Gasteiger partial charge on any atom is -0.367 e. The second-order valence-electron chi connectivity index (χ2n) is 7.79. The fraction of sp³-hybridized carbons (Fsp3) is 0.261. The van der Waals surface area contributed by atoms with E-state index in [1.54, 1.807) is 19.1 Å². The molecule has 9 nitrogen and oxygen atoms in total. The summed E-state index contributed by atoms with van der Waals surface area (Å²) in [5.41, 5.74) is 2.01. The third-order valence-corrected chi connectivity index (χ3v) is 5.62. The number of aromatic nitrogens is 2. The lowest BCUT2D eigenvalue weighted by molar-refractivity contribution is -0.384. The number of benzene rings is 2. The molecule has 0 saturated heterocycles. The molecule has 164 valence electrons. The number of aryl methyl sites for hydroxylation is 1. The van der Waals surface area contributed by atoms with Crippen LogP contribution in [0, 0.1) is 17.0 Å². The maximum absolute atomic E-state index is 12.7. The Balaban J connectivity index is 1.53. The Hall–Kier alpha value is -4.01. The van der Waals surface area contributed by atoms with Crippen molar-refractivity contribution in [1.82, 2.24) is 15.1 Å². The van der Waals surface area contributed by atoms with Gasteiger partial charge < -0.3 is 10.2 Å². The number of nitrogens with one attached hydrogen (secondary N) is 1. The molecule has 0 aliphatic carbocycles. The number of para-hydroxylation sites is 3. The number of fused-ring (bicyclic) bond motifs is 1. The topological polar surface area (TPSA) is 110 Å². The average Bonchev–Trinajstić information content (AvgIpc) is 3.09. The summed E-state index contributed by atoms with van der Waals surface area (Å²) in [4.78, 5) is 38.3. The van der Waals surface area contributed by atoms with E-state index in [1.807, 2.05) is 12.1 Å². The van der Waals surface area contributed by atoms with E-state index >= 15 is 0 Å². The van der Waals surface area contributed by atoms with Crippen molar-refractivity contribution >= 4 is 17.3 Å². The van der Waals surface area contributed by atoms with E-state index in [-0.39, 0.29) is 17.1 Å². The molecule has 0 radical (unpaired) electrons. The molecule has 3 aromatic rings. The number of carbonyl (C=O) groups excluding carboxylic acids is 1. The SMILES string of the molecule is Cc1cc(=O)c(C(=O)NCCN2c3ccccc3CC2C)nn1-c1ccccc1[N+](=O)[O-]. The van der Waals surface area contributed by atoms with Crippen LogP contribution in [-0.4, -0.2) is 39.7 Å². The van der Waals surface area contributed by atoms with Crippen LogP contribution in [0.3, 0.4) is 0 Å². The predicted octanol–water partition coefficient (Wildman–Crippen LogP) is 2.63. The van der Waals surface area contributed by atoms with Gasteiger partial charge >= 0.3 is 0 Å². The molecule has 4 rings (SSSR count). The third-order valence-electron chi connectivity index (χ3n) is 5.62. The molecule has 9 heteroatoms. The Bertz CT molecular complexity index is 1250. The Kier molecular flexibility index (Phi) is 5.72. The Morgan fingerprint density at radius 1 is 1.19 bits per heavy atom. The monoisotopic (exact) mass is 433 g/mol. The van der Waals surface area contributed by atoms with Gasteiger partial charge in [-0.15, -0.1) is 0 Å². The van der Waals surface area contributed by atoms with Gasteiger partial charge in [0.05, 0.1) is 4.92 Å². The zero-order chi connectivity index (χ0) is 22.8. The fourth-order valence-electron chi connectivity index (χ4n) is 4.09. The lowest BCUT2D eigenvalue weighted by Gasteiger charge is -2.25. The second kappa shape index (κ2) is 8.62. The minimum absolute atomic E-state index is 0.167. The summed E-state index contributed by atoms with van der Waals surface area (Å²) in [5, 5.41) is 18.3. The molecule has 1 N–H and O–H groups in total. The van der Waals surface area contributed by atoms with E-state index in [2.05, 4.69) is 34.4 Å². The van der Waals surface area contributed by atoms with Crippen LogP contribution in [0.1, 0.15) is 28.7 Å². The zero-order valence-electron chi connectivity index (χ0n) is 17.8. The highest BCUT2D eigenvalue weighted by atomic mass is 16.6. The maximum Gasteiger partial charge on any atom is 0.294 e. The highest BCUT2D eigenvalue weighted by Gasteiger charge is 2.25. The largest absolute Gasteiger partial charge is 0.367 e. The van der Waals surface area contributed by atoms with Crippen LogP contribution in [0.5, 0.6) is 0 Å². The summed E-state index contributed by atoms with van der Waals surface area (Å²) in [6.07, 6.45) is 0.949. The normalized spacial score (nSPS) is 14.8. The van der Waals surface area contributed by atoms with Crippen molar-refractivity contribution in [2.24, 2.45) is 0 Å². The number of rotatable bonds is 6. The summed E-state index contributed by atoms with van der Waals surface area (Å²) in [5.74, 6) is -0.609. The summed E-state index contributed by atoms with van der Waals surface area (Å²) in [6, 6.07) is 15.8. The van der Waals surface area contributed by atoms with Crippen LogP contribution in [0.2, 0.25) is 0 Å². The van der Waals surface area contributed by atoms with Gasteiger partial charge in [0.2, 0.25) is 5.43 Å². The van der Waals surface area contributed by atoms with Crippen LogP contribution in [0.25, 0.3) is 5.69 Å². The van der Waals surface area contributed by atoms with Crippen LogP contribution in [0.4, 0.5) is 11.4 Å². The maximum atomic E-state index is 12.7. The molecule has 0 saturated carbocycles. The molecule has 1 aromatic heterocycles. The summed E-state index contributed by atoms with van der Waals surface area (Å²) in [6.45, 7) is 4.67. The van der Waals surface area contributed by atoms with Gasteiger partial charge in [0.15, 0.2) is 5.69 Å². The first-order valence-electron chi connectivity index (χ1n) is 10.3. The van der Waals surface area contributed by atoms with Crippen molar-refractivity contribution in [3.63, 3.8) is 0 Å². The standard InChI is InChI=1S/C23H23N5O4/c1-15-13-17-7-3-4-8-18(17)26(15)12-11-24-23(30)22-21(29)14-16(2)27(25-22)19-9-5-6-10-20(19)28(31)32/h3-10,14-15H,11-13H2,1-2H3,(H,24,30). The lowest BCUT2D eigenvalue weighted by atomic mass is 10.1. The molecule has 1 aliphatic rings. The highest BCUT2D eigenvalue weighted by molar-refractivity contribution is 5.92. The molecule has 1 unspecified atom stereocenters. The Labute approximate surface area is 184 Å². The van der Waals surface area contributed by atoms with Crippen LogP contribution < -0.4 is 15.6 Å². The van der Waals surface area contributed by atoms with Crippen LogP contribution in [0.15, 0.2) is 59.4 Å². The molecule has 0 spiro atoms. The van der Waals surface area contributed by atoms with E-state index in [9.17, 15) is 19.7 Å². The molecule has 1 aliphatic heterocycles.